The van der Waals surface area contributed by atoms with E-state index in [2.05, 4.69) is 25.4 Å². The average molecular weight is 469 g/mol. The van der Waals surface area contributed by atoms with Crippen LogP contribution in [0.3, 0.4) is 0 Å². The van der Waals surface area contributed by atoms with Crippen LogP contribution >= 0.6 is 0 Å². The summed E-state index contributed by atoms with van der Waals surface area (Å²) in [5.74, 6) is 0.797. The third kappa shape index (κ3) is 5.02. The SMILES string of the molecule is Cc1nc(-c2nnn(C)c2COc2noc(CC3CC3)n2)ccc1O[C@H]1CCC[C@H](C(=O)O)C1. The third-order valence-corrected chi connectivity index (χ3v) is 6.44. The van der Waals surface area contributed by atoms with Gasteiger partial charge < -0.3 is 19.1 Å². The van der Waals surface area contributed by atoms with Crippen molar-refractivity contribution in [2.24, 2.45) is 18.9 Å². The molecule has 0 amide bonds. The van der Waals surface area contributed by atoms with E-state index in [-0.39, 0.29) is 24.6 Å². The van der Waals surface area contributed by atoms with Crippen LogP contribution in [0.4, 0.5) is 0 Å². The van der Waals surface area contributed by atoms with Crippen LogP contribution in [0, 0.1) is 18.8 Å². The fourth-order valence-corrected chi connectivity index (χ4v) is 4.28. The van der Waals surface area contributed by atoms with Crippen molar-refractivity contribution in [1.82, 2.24) is 30.1 Å². The molecule has 3 heterocycles. The van der Waals surface area contributed by atoms with E-state index in [0.29, 0.717) is 47.5 Å². The van der Waals surface area contributed by atoms with Gasteiger partial charge in [0.25, 0.3) is 0 Å². The highest BCUT2D eigenvalue weighted by Gasteiger charge is 2.29. The van der Waals surface area contributed by atoms with Gasteiger partial charge in [0, 0.05) is 13.5 Å². The predicted octanol–water partition coefficient (Wildman–Crippen LogP) is 3.12. The molecule has 2 fully saturated rings. The van der Waals surface area contributed by atoms with Crippen molar-refractivity contribution in [2.45, 2.75) is 64.6 Å². The van der Waals surface area contributed by atoms with Gasteiger partial charge in [-0.15, -0.1) is 5.10 Å². The topological polar surface area (TPSA) is 138 Å². The van der Waals surface area contributed by atoms with Crippen LogP contribution in [0.25, 0.3) is 11.4 Å². The molecule has 11 nitrogen and oxygen atoms in total. The summed E-state index contributed by atoms with van der Waals surface area (Å²) in [6, 6.07) is 3.88. The number of carbonyl (C=O) groups is 1. The van der Waals surface area contributed by atoms with E-state index in [0.717, 1.165) is 25.0 Å². The Labute approximate surface area is 196 Å². The van der Waals surface area contributed by atoms with Crippen LogP contribution in [0.15, 0.2) is 16.7 Å². The second-order valence-corrected chi connectivity index (χ2v) is 9.14. The first-order valence-corrected chi connectivity index (χ1v) is 11.7. The molecular weight excluding hydrogens is 440 g/mol. The van der Waals surface area contributed by atoms with Gasteiger partial charge in [0.2, 0.25) is 5.89 Å². The lowest BCUT2D eigenvalue weighted by Crippen LogP contribution is -2.29. The zero-order valence-electron chi connectivity index (χ0n) is 19.3. The van der Waals surface area contributed by atoms with E-state index < -0.39 is 5.97 Å². The Bertz CT molecular complexity index is 1170. The number of rotatable bonds is 9. The number of aliphatic carboxylic acids is 1. The first-order valence-electron chi connectivity index (χ1n) is 11.7. The van der Waals surface area contributed by atoms with E-state index in [1.54, 1.807) is 11.7 Å². The van der Waals surface area contributed by atoms with Crippen molar-refractivity contribution in [3.63, 3.8) is 0 Å². The minimum Gasteiger partial charge on any atom is -0.489 e. The summed E-state index contributed by atoms with van der Waals surface area (Å²) in [6.45, 7) is 2.03. The van der Waals surface area contributed by atoms with Crippen molar-refractivity contribution in [3.8, 4) is 23.1 Å². The number of aryl methyl sites for hydroxylation is 2. The molecule has 11 heteroatoms. The first-order chi connectivity index (χ1) is 16.5. The molecular formula is C23H28N6O5. The van der Waals surface area contributed by atoms with Gasteiger partial charge in [0.1, 0.15) is 23.7 Å². The standard InChI is InChI=1S/C23H28N6O5/c1-13-19(33-16-5-3-4-15(11-16)22(30)31)9-8-17(24-13)21-18(29(2)28-26-21)12-32-23-25-20(34-27-23)10-14-6-7-14/h8-9,14-16H,3-7,10-12H2,1-2H3,(H,30,31)/t15-,16-/m0/s1. The number of aromatic nitrogens is 6. The number of nitrogens with zero attached hydrogens (tertiary/aromatic N) is 6. The third-order valence-electron chi connectivity index (χ3n) is 6.44. The van der Waals surface area contributed by atoms with Gasteiger partial charge in [-0.1, -0.05) is 5.21 Å². The molecule has 0 aliphatic heterocycles. The Kier molecular flexibility index (Phi) is 6.16. The Hall–Kier alpha value is -3.50. The summed E-state index contributed by atoms with van der Waals surface area (Å²) in [4.78, 5) is 20.3. The number of ether oxygens (including phenoxy) is 2. The molecule has 180 valence electrons. The maximum atomic E-state index is 11.3. The van der Waals surface area contributed by atoms with Crippen LogP contribution in [-0.4, -0.2) is 47.3 Å². The Morgan fingerprint density at radius 3 is 2.85 bits per heavy atom. The van der Waals surface area contributed by atoms with Gasteiger partial charge >= 0.3 is 12.0 Å². The maximum absolute atomic E-state index is 11.3. The van der Waals surface area contributed by atoms with Crippen molar-refractivity contribution < 1.29 is 23.9 Å². The first kappa shape index (κ1) is 22.3. The Balaban J connectivity index is 1.26. The second-order valence-electron chi connectivity index (χ2n) is 9.14. The maximum Gasteiger partial charge on any atom is 0.354 e. The van der Waals surface area contributed by atoms with Gasteiger partial charge in [-0.2, -0.15) is 4.98 Å². The number of carboxylic acids is 1. The molecule has 2 aliphatic carbocycles. The van der Waals surface area contributed by atoms with Crippen molar-refractivity contribution in [1.29, 1.82) is 0 Å². The van der Waals surface area contributed by atoms with Gasteiger partial charge in [-0.25, -0.2) is 9.67 Å². The average Bonchev–Trinajstić information content (AvgIpc) is 3.40. The second kappa shape index (κ2) is 9.40. The number of hydrogen-bond acceptors (Lipinski definition) is 9. The minimum absolute atomic E-state index is 0.124. The summed E-state index contributed by atoms with van der Waals surface area (Å²) >= 11 is 0. The molecule has 0 aromatic carbocycles. The van der Waals surface area contributed by atoms with Crippen LogP contribution < -0.4 is 9.47 Å². The Morgan fingerprint density at radius 2 is 2.09 bits per heavy atom. The molecule has 0 radical (unpaired) electrons. The summed E-state index contributed by atoms with van der Waals surface area (Å²) in [7, 11) is 1.79. The summed E-state index contributed by atoms with van der Waals surface area (Å²) < 4.78 is 18.7. The monoisotopic (exact) mass is 468 g/mol. The van der Waals surface area contributed by atoms with Crippen LogP contribution in [-0.2, 0) is 24.9 Å². The smallest absolute Gasteiger partial charge is 0.354 e. The molecule has 0 spiro atoms. The summed E-state index contributed by atoms with van der Waals surface area (Å²) in [5.41, 5.74) is 2.68. The van der Waals surface area contributed by atoms with Crippen LogP contribution in [0.1, 0.15) is 55.8 Å². The summed E-state index contributed by atoms with van der Waals surface area (Å²) in [5, 5.41) is 21.6. The van der Waals surface area contributed by atoms with E-state index >= 15 is 0 Å². The molecule has 3 aromatic heterocycles. The highest BCUT2D eigenvalue weighted by atomic mass is 16.6. The van der Waals surface area contributed by atoms with E-state index in [9.17, 15) is 9.90 Å². The van der Waals surface area contributed by atoms with Crippen LogP contribution in [0.5, 0.6) is 11.8 Å². The molecule has 0 saturated heterocycles. The van der Waals surface area contributed by atoms with Gasteiger partial charge in [0.15, 0.2) is 0 Å². The number of hydrogen-bond donors (Lipinski definition) is 1. The normalized spacial score (nSPS) is 20.3. The molecule has 0 bridgehead atoms. The zero-order chi connectivity index (χ0) is 23.7. The molecule has 2 saturated carbocycles. The van der Waals surface area contributed by atoms with E-state index in [4.69, 9.17) is 14.0 Å². The minimum atomic E-state index is -0.754. The van der Waals surface area contributed by atoms with Crippen LogP contribution in [0.2, 0.25) is 0 Å². The number of carboxylic acid groups (broad SMARTS) is 1. The number of pyridine rings is 1. The highest BCUT2D eigenvalue weighted by Crippen LogP contribution is 2.33. The van der Waals surface area contributed by atoms with Crippen molar-refractivity contribution in [3.05, 3.63) is 29.4 Å². The molecule has 3 aromatic rings. The summed E-state index contributed by atoms with van der Waals surface area (Å²) in [6.07, 6.45) is 6.00. The molecule has 2 atom stereocenters. The predicted molar refractivity (Wildman–Crippen MR) is 118 cm³/mol. The lowest BCUT2D eigenvalue weighted by atomic mass is 9.87. The van der Waals surface area contributed by atoms with Gasteiger partial charge in [-0.3, -0.25) is 4.79 Å². The largest absolute Gasteiger partial charge is 0.489 e. The highest BCUT2D eigenvalue weighted by molar-refractivity contribution is 5.70. The molecule has 1 N–H and O–H groups in total. The molecule has 5 rings (SSSR count). The quantitative estimate of drug-likeness (QED) is 0.498. The molecule has 2 aliphatic rings. The van der Waals surface area contributed by atoms with E-state index in [1.807, 2.05) is 19.1 Å². The van der Waals surface area contributed by atoms with Crippen molar-refractivity contribution in [2.75, 3.05) is 0 Å². The fraction of sp³-hybridized carbons (Fsp3) is 0.565. The lowest BCUT2D eigenvalue weighted by molar-refractivity contribution is -0.143. The lowest BCUT2D eigenvalue weighted by Gasteiger charge is -2.27. The molecule has 34 heavy (non-hydrogen) atoms. The fourth-order valence-electron chi connectivity index (χ4n) is 4.28. The van der Waals surface area contributed by atoms with Gasteiger partial charge in [0.05, 0.1) is 23.4 Å². The van der Waals surface area contributed by atoms with Gasteiger partial charge in [-0.05, 0) is 68.7 Å². The zero-order valence-corrected chi connectivity index (χ0v) is 19.3. The Morgan fingerprint density at radius 1 is 1.24 bits per heavy atom. The van der Waals surface area contributed by atoms with E-state index in [1.165, 1.54) is 12.8 Å². The van der Waals surface area contributed by atoms with Crippen molar-refractivity contribution >= 4 is 5.97 Å². The molecule has 0 unspecified atom stereocenters.